The molecule has 1 aromatic heterocycles. The molecule has 0 spiro atoms. The Kier molecular flexibility index (Phi) is 7.23. The molecule has 0 atom stereocenters. The molecule has 40 heavy (non-hydrogen) atoms. The number of likely N-dealkylation sites (tertiary alicyclic amines) is 1. The fourth-order valence-corrected chi connectivity index (χ4v) is 5.46. The number of fused-ring (bicyclic) bond motifs is 3. The van der Waals surface area contributed by atoms with Gasteiger partial charge in [-0.1, -0.05) is 35.3 Å². The molecule has 0 saturated carbocycles. The summed E-state index contributed by atoms with van der Waals surface area (Å²) in [4.78, 5) is 28.7. The maximum atomic E-state index is 14.9. The molecular formula is C30H25Cl2FN6O. The number of rotatable bonds is 4. The van der Waals surface area contributed by atoms with Crippen molar-refractivity contribution >= 4 is 46.5 Å². The standard InChI is InChI=1S/C30H25Cl2FN6O/c31-19-6-9-22-23(14-19)28(26-24(32)2-1-3-25(26)33)35-15-18-16-36-30(38-27(18)22)37-21-7-4-17(5-8-21)29(40)39-12-10-20(34)11-13-39/h1-9,14,16,20H,10-13,15,34H2,(H,36,37,38). The van der Waals surface area contributed by atoms with Crippen molar-refractivity contribution in [3.05, 3.63) is 105 Å². The Morgan fingerprint density at radius 2 is 1.80 bits per heavy atom. The number of aliphatic imine (C=N–C) groups is 1. The number of carbonyl (C=O) groups excluding carboxylic acids is 1. The van der Waals surface area contributed by atoms with Crippen molar-refractivity contribution in [2.45, 2.75) is 25.4 Å². The first-order valence-electron chi connectivity index (χ1n) is 12.9. The summed E-state index contributed by atoms with van der Waals surface area (Å²) in [7, 11) is 0. The Bertz CT molecular complexity index is 1610. The number of hydrogen-bond donors (Lipinski definition) is 2. The number of nitrogens with two attached hydrogens (primary N) is 1. The van der Waals surface area contributed by atoms with Crippen LogP contribution >= 0.6 is 23.2 Å². The smallest absolute Gasteiger partial charge is 0.253 e. The number of nitrogens with zero attached hydrogens (tertiary/aromatic N) is 4. The van der Waals surface area contributed by atoms with E-state index in [1.807, 2.05) is 23.1 Å². The summed E-state index contributed by atoms with van der Waals surface area (Å²) in [5.41, 5.74) is 10.7. The van der Waals surface area contributed by atoms with E-state index in [0.717, 1.165) is 29.7 Å². The summed E-state index contributed by atoms with van der Waals surface area (Å²) in [6, 6.07) is 17.3. The Morgan fingerprint density at radius 3 is 2.55 bits per heavy atom. The maximum Gasteiger partial charge on any atom is 0.253 e. The quantitative estimate of drug-likeness (QED) is 0.300. The van der Waals surface area contributed by atoms with Crippen molar-refractivity contribution in [2.75, 3.05) is 18.4 Å². The third-order valence-electron chi connectivity index (χ3n) is 7.18. The van der Waals surface area contributed by atoms with Crippen molar-refractivity contribution in [2.24, 2.45) is 10.7 Å². The second-order valence-electron chi connectivity index (χ2n) is 9.85. The maximum absolute atomic E-state index is 14.9. The van der Waals surface area contributed by atoms with Gasteiger partial charge in [-0.05, 0) is 61.4 Å². The van der Waals surface area contributed by atoms with E-state index in [4.69, 9.17) is 38.9 Å². The van der Waals surface area contributed by atoms with Gasteiger partial charge in [-0.25, -0.2) is 14.4 Å². The third-order valence-corrected chi connectivity index (χ3v) is 7.73. The minimum Gasteiger partial charge on any atom is -0.339 e. The molecule has 1 fully saturated rings. The Morgan fingerprint density at radius 1 is 1.02 bits per heavy atom. The van der Waals surface area contributed by atoms with Crippen molar-refractivity contribution in [3.8, 4) is 11.3 Å². The number of piperidine rings is 1. The van der Waals surface area contributed by atoms with E-state index in [-0.39, 0.29) is 29.1 Å². The SMILES string of the molecule is NC1CCN(C(=O)c2ccc(Nc3ncc4c(n3)-c3ccc(Cl)cc3C(c3c(F)cccc3Cl)=NC4)cc2)CC1. The van der Waals surface area contributed by atoms with Crippen molar-refractivity contribution in [3.63, 3.8) is 0 Å². The summed E-state index contributed by atoms with van der Waals surface area (Å²) in [5, 5.41) is 3.96. The minimum atomic E-state index is -0.470. The molecule has 2 aliphatic rings. The molecule has 0 unspecified atom stereocenters. The highest BCUT2D eigenvalue weighted by Crippen LogP contribution is 2.35. The van der Waals surface area contributed by atoms with Crippen molar-refractivity contribution in [1.29, 1.82) is 0 Å². The van der Waals surface area contributed by atoms with Gasteiger partial charge in [0.1, 0.15) is 5.82 Å². The second kappa shape index (κ2) is 11.0. The molecule has 202 valence electrons. The average Bonchev–Trinajstić information content (AvgIpc) is 3.10. The monoisotopic (exact) mass is 574 g/mol. The largest absolute Gasteiger partial charge is 0.339 e. The van der Waals surface area contributed by atoms with Gasteiger partial charge in [-0.3, -0.25) is 9.79 Å². The predicted octanol–water partition coefficient (Wildman–Crippen LogP) is 6.25. The van der Waals surface area contributed by atoms with Gasteiger partial charge in [-0.2, -0.15) is 0 Å². The molecule has 0 aliphatic carbocycles. The van der Waals surface area contributed by atoms with E-state index in [2.05, 4.69) is 10.3 Å². The molecule has 1 amide bonds. The molecular weight excluding hydrogens is 550 g/mol. The van der Waals surface area contributed by atoms with Crippen LogP contribution in [0.1, 0.15) is 39.9 Å². The number of anilines is 2. The summed E-state index contributed by atoms with van der Waals surface area (Å²) in [5.74, 6) is -0.0979. The first-order valence-corrected chi connectivity index (χ1v) is 13.7. The zero-order valence-corrected chi connectivity index (χ0v) is 22.9. The minimum absolute atomic E-state index is 0.000703. The van der Waals surface area contributed by atoms with Gasteiger partial charge in [0.15, 0.2) is 0 Å². The number of amides is 1. The normalized spacial score (nSPS) is 15.1. The lowest BCUT2D eigenvalue weighted by Gasteiger charge is -2.30. The fraction of sp³-hybridized carbons (Fsp3) is 0.200. The third kappa shape index (κ3) is 5.18. The molecule has 10 heteroatoms. The van der Waals surface area contributed by atoms with Crippen LogP contribution < -0.4 is 11.1 Å². The highest BCUT2D eigenvalue weighted by Gasteiger charge is 2.25. The van der Waals surface area contributed by atoms with Crippen LogP contribution in [0, 0.1) is 5.82 Å². The Hall–Kier alpha value is -3.85. The summed E-state index contributed by atoms with van der Waals surface area (Å²) < 4.78 is 14.9. The van der Waals surface area contributed by atoms with Gasteiger partial charge in [0.2, 0.25) is 5.95 Å². The van der Waals surface area contributed by atoms with E-state index in [0.29, 0.717) is 46.6 Å². The van der Waals surface area contributed by atoms with Crippen LogP contribution in [-0.2, 0) is 6.54 Å². The van der Waals surface area contributed by atoms with E-state index in [1.165, 1.54) is 6.07 Å². The fourth-order valence-electron chi connectivity index (χ4n) is 5.03. The van der Waals surface area contributed by atoms with E-state index in [1.54, 1.807) is 42.6 Å². The second-order valence-corrected chi connectivity index (χ2v) is 10.7. The molecule has 3 heterocycles. The summed E-state index contributed by atoms with van der Waals surface area (Å²) in [6.45, 7) is 1.58. The van der Waals surface area contributed by atoms with Gasteiger partial charge in [0.25, 0.3) is 5.91 Å². The zero-order valence-electron chi connectivity index (χ0n) is 21.4. The molecule has 7 nitrogen and oxygen atoms in total. The average molecular weight is 575 g/mol. The van der Waals surface area contributed by atoms with Crippen LogP contribution in [0.2, 0.25) is 10.0 Å². The number of nitrogens with one attached hydrogen (secondary N) is 1. The first kappa shape index (κ1) is 26.4. The predicted molar refractivity (Wildman–Crippen MR) is 156 cm³/mol. The lowest BCUT2D eigenvalue weighted by atomic mass is 9.95. The molecule has 6 rings (SSSR count). The van der Waals surface area contributed by atoms with Gasteiger partial charge in [0.05, 0.1) is 28.5 Å². The number of benzene rings is 3. The molecule has 2 aliphatic heterocycles. The molecule has 0 bridgehead atoms. The van der Waals surface area contributed by atoms with Gasteiger partial charge in [-0.15, -0.1) is 0 Å². The number of halogens is 3. The first-order chi connectivity index (χ1) is 19.4. The molecule has 3 aromatic carbocycles. The van der Waals surface area contributed by atoms with Crippen LogP contribution in [0.4, 0.5) is 16.0 Å². The van der Waals surface area contributed by atoms with Crippen molar-refractivity contribution < 1.29 is 9.18 Å². The van der Waals surface area contributed by atoms with Crippen molar-refractivity contribution in [1.82, 2.24) is 14.9 Å². The van der Waals surface area contributed by atoms with Gasteiger partial charge >= 0.3 is 0 Å². The van der Waals surface area contributed by atoms with Gasteiger partial charge in [0, 0.05) is 58.3 Å². The molecule has 0 radical (unpaired) electrons. The highest BCUT2D eigenvalue weighted by molar-refractivity contribution is 6.36. The van der Waals surface area contributed by atoms with Crippen LogP contribution in [-0.4, -0.2) is 45.6 Å². The Balaban J connectivity index is 1.29. The molecule has 1 saturated heterocycles. The van der Waals surface area contributed by atoms with Crippen LogP contribution in [0.3, 0.4) is 0 Å². The number of hydrogen-bond acceptors (Lipinski definition) is 6. The van der Waals surface area contributed by atoms with Gasteiger partial charge < -0.3 is 16.0 Å². The zero-order chi connectivity index (χ0) is 27.8. The topological polar surface area (TPSA) is 96.5 Å². The lowest BCUT2D eigenvalue weighted by molar-refractivity contribution is 0.0715. The van der Waals surface area contributed by atoms with E-state index in [9.17, 15) is 9.18 Å². The van der Waals surface area contributed by atoms with Crippen LogP contribution in [0.25, 0.3) is 11.3 Å². The van der Waals surface area contributed by atoms with E-state index < -0.39 is 5.82 Å². The number of carbonyl (C=O) groups is 1. The lowest BCUT2D eigenvalue weighted by Crippen LogP contribution is -2.42. The highest BCUT2D eigenvalue weighted by atomic mass is 35.5. The molecule has 4 aromatic rings. The number of aromatic nitrogens is 2. The Labute approximate surface area is 240 Å². The van der Waals surface area contributed by atoms with E-state index >= 15 is 0 Å². The summed E-state index contributed by atoms with van der Waals surface area (Å²) >= 11 is 12.8. The van der Waals surface area contributed by atoms with Crippen LogP contribution in [0.5, 0.6) is 0 Å². The summed E-state index contributed by atoms with van der Waals surface area (Å²) in [6.07, 6.45) is 3.34. The molecule has 3 N–H and O–H groups in total. The van der Waals surface area contributed by atoms with Crippen LogP contribution in [0.15, 0.2) is 71.9 Å².